The predicted octanol–water partition coefficient (Wildman–Crippen LogP) is 4.29. The highest BCUT2D eigenvalue weighted by Crippen LogP contribution is 2.36. The van der Waals surface area contributed by atoms with E-state index in [-0.39, 0.29) is 18.4 Å². The van der Waals surface area contributed by atoms with Crippen LogP contribution in [-0.2, 0) is 13.9 Å². The number of methoxy groups -OCH3 is 1. The van der Waals surface area contributed by atoms with E-state index in [2.05, 4.69) is 81.1 Å². The number of aliphatic hydroxyl groups excluding tert-OH is 1. The van der Waals surface area contributed by atoms with Gasteiger partial charge in [-0.2, -0.15) is 0 Å². The van der Waals surface area contributed by atoms with E-state index in [0.717, 1.165) is 5.56 Å². The summed E-state index contributed by atoms with van der Waals surface area (Å²) < 4.78 is 17.5. The molecule has 34 heavy (non-hydrogen) atoms. The molecule has 0 spiro atoms. The second kappa shape index (κ2) is 12.1. The fraction of sp³-hybridized carbons (Fsp3) is 0.310. The van der Waals surface area contributed by atoms with Gasteiger partial charge in [0, 0.05) is 7.11 Å². The molecule has 4 nitrogen and oxygen atoms in total. The minimum absolute atomic E-state index is 0.0663. The topological polar surface area (TPSA) is 47.9 Å². The average Bonchev–Trinajstić information content (AvgIpc) is 2.85. The Kier molecular flexibility index (Phi) is 9.23. The fourth-order valence-electron chi connectivity index (χ4n) is 4.28. The second-order valence-corrected chi connectivity index (χ2v) is 13.4. The maximum Gasteiger partial charge on any atom is 0.262 e. The van der Waals surface area contributed by atoms with Crippen LogP contribution in [0.4, 0.5) is 0 Å². The van der Waals surface area contributed by atoms with E-state index in [1.807, 2.05) is 42.5 Å². The fourth-order valence-corrected chi connectivity index (χ4v) is 8.73. The van der Waals surface area contributed by atoms with Crippen LogP contribution >= 0.6 is 0 Å². The molecule has 0 aliphatic heterocycles. The van der Waals surface area contributed by atoms with Gasteiger partial charge in [0.05, 0.1) is 6.61 Å². The number of ether oxygens (including phenoxy) is 2. The van der Waals surface area contributed by atoms with Crippen LogP contribution in [0.5, 0.6) is 0 Å². The molecule has 2 atom stereocenters. The first-order valence-electron chi connectivity index (χ1n) is 11.5. The van der Waals surface area contributed by atoms with E-state index in [4.69, 9.17) is 13.9 Å². The smallest absolute Gasteiger partial charge is 0.262 e. The number of hydrogen-bond donors (Lipinski definition) is 1. The van der Waals surface area contributed by atoms with Crippen molar-refractivity contribution in [3.63, 3.8) is 0 Å². The zero-order valence-electron chi connectivity index (χ0n) is 20.4. The van der Waals surface area contributed by atoms with E-state index in [0.29, 0.717) is 0 Å². The molecule has 1 N–H and O–H groups in total. The average molecular weight is 475 g/mol. The van der Waals surface area contributed by atoms with Crippen molar-refractivity contribution in [1.29, 1.82) is 0 Å². The van der Waals surface area contributed by atoms with Crippen molar-refractivity contribution in [2.75, 3.05) is 20.5 Å². The van der Waals surface area contributed by atoms with Gasteiger partial charge in [0.1, 0.15) is 19.0 Å². The Labute approximate surface area is 204 Å². The second-order valence-electron chi connectivity index (χ2n) is 9.12. The van der Waals surface area contributed by atoms with Crippen LogP contribution in [-0.4, -0.2) is 40.0 Å². The van der Waals surface area contributed by atoms with Crippen LogP contribution in [0.2, 0.25) is 5.04 Å². The summed E-state index contributed by atoms with van der Waals surface area (Å²) in [6.07, 6.45) is -1.62. The van der Waals surface area contributed by atoms with Gasteiger partial charge < -0.3 is 19.0 Å². The summed E-state index contributed by atoms with van der Waals surface area (Å²) in [5.41, 5.74) is 0.842. The molecule has 0 unspecified atom stereocenters. The summed E-state index contributed by atoms with van der Waals surface area (Å²) in [5, 5.41) is 13.1. The van der Waals surface area contributed by atoms with E-state index in [9.17, 15) is 5.11 Å². The summed E-state index contributed by atoms with van der Waals surface area (Å²) in [7, 11) is -1.12. The molecule has 0 saturated heterocycles. The SMILES string of the molecule is COCO[C@H](c1ccccc1)[C@H](O)C#CCO[Si](c1ccccc1)(c1ccccc1)C(C)(C)C. The Bertz CT molecular complexity index is 1010. The van der Waals surface area contributed by atoms with Gasteiger partial charge in [-0.1, -0.05) is 124 Å². The summed E-state index contributed by atoms with van der Waals surface area (Å²) >= 11 is 0. The van der Waals surface area contributed by atoms with Crippen molar-refractivity contribution in [2.24, 2.45) is 0 Å². The van der Waals surface area contributed by atoms with Gasteiger partial charge in [-0.15, -0.1) is 0 Å². The number of aliphatic hydroxyl groups is 1. The molecule has 178 valence electrons. The third kappa shape index (κ3) is 6.04. The lowest BCUT2D eigenvalue weighted by molar-refractivity contribution is -0.102. The number of hydrogen-bond acceptors (Lipinski definition) is 4. The first-order chi connectivity index (χ1) is 16.4. The lowest BCUT2D eigenvalue weighted by Crippen LogP contribution is -2.66. The van der Waals surface area contributed by atoms with Crippen LogP contribution in [0.1, 0.15) is 32.4 Å². The quantitative estimate of drug-likeness (QED) is 0.286. The minimum atomic E-state index is -2.67. The van der Waals surface area contributed by atoms with Gasteiger partial charge in [-0.3, -0.25) is 0 Å². The molecule has 0 amide bonds. The number of benzene rings is 3. The van der Waals surface area contributed by atoms with Crippen molar-refractivity contribution in [2.45, 2.75) is 38.0 Å². The van der Waals surface area contributed by atoms with E-state index in [1.54, 1.807) is 7.11 Å². The lowest BCUT2D eigenvalue weighted by atomic mass is 10.0. The first-order valence-corrected chi connectivity index (χ1v) is 13.4. The number of rotatable bonds is 9. The molecule has 3 aromatic carbocycles. The van der Waals surface area contributed by atoms with Crippen LogP contribution in [0.15, 0.2) is 91.0 Å². The van der Waals surface area contributed by atoms with Crippen LogP contribution in [0.3, 0.4) is 0 Å². The van der Waals surface area contributed by atoms with Gasteiger partial charge in [0.2, 0.25) is 0 Å². The van der Waals surface area contributed by atoms with Gasteiger partial charge in [0.25, 0.3) is 8.32 Å². The van der Waals surface area contributed by atoms with Crippen molar-refractivity contribution >= 4 is 18.7 Å². The molecule has 0 aliphatic rings. The Morgan fingerprint density at radius 2 is 1.32 bits per heavy atom. The highest BCUT2D eigenvalue weighted by molar-refractivity contribution is 6.99. The monoisotopic (exact) mass is 474 g/mol. The molecule has 0 heterocycles. The maximum absolute atomic E-state index is 10.8. The zero-order chi connectivity index (χ0) is 24.4. The molecule has 3 aromatic rings. The van der Waals surface area contributed by atoms with Gasteiger partial charge in [0.15, 0.2) is 0 Å². The van der Waals surface area contributed by atoms with E-state index >= 15 is 0 Å². The molecule has 0 radical (unpaired) electrons. The molecule has 0 saturated carbocycles. The van der Waals surface area contributed by atoms with Gasteiger partial charge in [-0.25, -0.2) is 0 Å². The highest BCUT2D eigenvalue weighted by atomic mass is 28.4. The van der Waals surface area contributed by atoms with Crippen molar-refractivity contribution in [1.82, 2.24) is 0 Å². The van der Waals surface area contributed by atoms with E-state index in [1.165, 1.54) is 10.4 Å². The van der Waals surface area contributed by atoms with Gasteiger partial charge in [-0.05, 0) is 21.0 Å². The predicted molar refractivity (Wildman–Crippen MR) is 139 cm³/mol. The van der Waals surface area contributed by atoms with Crippen molar-refractivity contribution in [3.05, 3.63) is 96.6 Å². The Hall–Kier alpha value is -2.72. The zero-order valence-corrected chi connectivity index (χ0v) is 21.4. The first kappa shape index (κ1) is 25.9. The standard InChI is InChI=1S/C29H34O4Si/c1-29(2,3)34(25-17-10-6-11-18-25,26-19-12-7-13-20-26)33-22-14-21-27(30)28(32-23-31-4)24-15-8-5-9-16-24/h5-13,15-20,27-28,30H,22-23H2,1-4H3/t27-,28-/m1/s1. The molecular weight excluding hydrogens is 440 g/mol. The molecule has 0 fully saturated rings. The molecule has 0 bridgehead atoms. The van der Waals surface area contributed by atoms with Crippen molar-refractivity contribution in [3.8, 4) is 11.8 Å². The molecular formula is C29H34O4Si. The normalized spacial score (nSPS) is 13.6. The summed E-state index contributed by atoms with van der Waals surface area (Å²) in [5.74, 6) is 6.01. The molecule has 3 rings (SSSR count). The Morgan fingerprint density at radius 1 is 0.824 bits per heavy atom. The largest absolute Gasteiger partial charge is 0.396 e. The third-order valence-electron chi connectivity index (χ3n) is 5.81. The van der Waals surface area contributed by atoms with Crippen LogP contribution < -0.4 is 10.4 Å². The van der Waals surface area contributed by atoms with Crippen LogP contribution in [0.25, 0.3) is 0 Å². The van der Waals surface area contributed by atoms with Crippen LogP contribution in [0, 0.1) is 11.8 Å². The summed E-state index contributed by atoms with van der Waals surface area (Å²) in [6, 6.07) is 30.4. The molecule has 5 heteroatoms. The maximum atomic E-state index is 10.8. The molecule has 0 aromatic heterocycles. The summed E-state index contributed by atoms with van der Waals surface area (Å²) in [4.78, 5) is 0. The highest BCUT2D eigenvalue weighted by Gasteiger charge is 2.50. The minimum Gasteiger partial charge on any atom is -0.396 e. The van der Waals surface area contributed by atoms with Crippen molar-refractivity contribution < 1.29 is 19.0 Å². The van der Waals surface area contributed by atoms with E-state index < -0.39 is 20.5 Å². The summed E-state index contributed by atoms with van der Waals surface area (Å²) in [6.45, 7) is 6.95. The Morgan fingerprint density at radius 3 is 1.79 bits per heavy atom. The third-order valence-corrected chi connectivity index (χ3v) is 10.8. The molecule has 0 aliphatic carbocycles. The Balaban J connectivity index is 1.88. The lowest BCUT2D eigenvalue weighted by Gasteiger charge is -2.42. The van der Waals surface area contributed by atoms with Gasteiger partial charge >= 0.3 is 0 Å².